The molecule has 0 fully saturated rings. The van der Waals surface area contributed by atoms with Gasteiger partial charge >= 0.3 is 6.18 Å². The van der Waals surface area contributed by atoms with Crippen molar-refractivity contribution in [3.8, 4) is 16.9 Å². The van der Waals surface area contributed by atoms with Gasteiger partial charge in [0.25, 0.3) is 0 Å². The molecule has 2 aromatic carbocycles. The minimum Gasteiger partial charge on any atom is -0.312 e. The van der Waals surface area contributed by atoms with Gasteiger partial charge in [0.15, 0.2) is 11.6 Å². The van der Waals surface area contributed by atoms with Crippen molar-refractivity contribution in [3.05, 3.63) is 70.9 Å². The number of alkyl halides is 3. The smallest absolute Gasteiger partial charge is 0.312 e. The molecule has 140 valence electrons. The predicted molar refractivity (Wildman–Crippen MR) is 89.3 cm³/mol. The molecule has 0 saturated carbocycles. The molecule has 27 heavy (non-hydrogen) atoms. The second kappa shape index (κ2) is 6.45. The molecule has 1 aliphatic heterocycles. The van der Waals surface area contributed by atoms with E-state index in [0.717, 1.165) is 35.5 Å². The van der Waals surface area contributed by atoms with Crippen LogP contribution in [0, 0.1) is 11.6 Å². The van der Waals surface area contributed by atoms with Gasteiger partial charge in [-0.15, -0.1) is 0 Å². The minimum atomic E-state index is -4.41. The lowest BCUT2D eigenvalue weighted by Gasteiger charge is -2.16. The van der Waals surface area contributed by atoms with Crippen LogP contribution in [0.25, 0.3) is 16.9 Å². The van der Waals surface area contributed by atoms with Crippen molar-refractivity contribution in [3.63, 3.8) is 0 Å². The Morgan fingerprint density at radius 3 is 2.37 bits per heavy atom. The Hall–Kier alpha value is -2.74. The summed E-state index contributed by atoms with van der Waals surface area (Å²) in [6, 6.07) is 8.26. The molecule has 0 bridgehead atoms. The number of rotatable bonds is 2. The van der Waals surface area contributed by atoms with E-state index in [0.29, 0.717) is 36.5 Å². The van der Waals surface area contributed by atoms with E-state index in [1.54, 1.807) is 0 Å². The number of nitrogens with one attached hydrogen (secondary N) is 1. The molecule has 0 aliphatic carbocycles. The minimum absolute atomic E-state index is 0.366. The summed E-state index contributed by atoms with van der Waals surface area (Å²) in [4.78, 5) is 0. The Balaban J connectivity index is 1.82. The monoisotopic (exact) mass is 379 g/mol. The second-order valence-corrected chi connectivity index (χ2v) is 6.29. The third-order valence-electron chi connectivity index (χ3n) is 4.56. The first-order chi connectivity index (χ1) is 12.8. The zero-order valence-corrected chi connectivity index (χ0v) is 13.9. The highest BCUT2D eigenvalue weighted by Gasteiger charge is 2.30. The van der Waals surface area contributed by atoms with Gasteiger partial charge in [-0.25, -0.2) is 13.5 Å². The van der Waals surface area contributed by atoms with Gasteiger partial charge < -0.3 is 5.32 Å². The normalized spacial score (nSPS) is 14.3. The molecule has 8 heteroatoms. The second-order valence-electron chi connectivity index (χ2n) is 6.29. The Kier molecular flexibility index (Phi) is 4.22. The van der Waals surface area contributed by atoms with Crippen molar-refractivity contribution in [1.29, 1.82) is 0 Å². The number of nitrogens with zero attached hydrogens (tertiary/aromatic N) is 2. The number of fused-ring (bicyclic) bond motifs is 1. The van der Waals surface area contributed by atoms with Crippen LogP contribution in [0.5, 0.6) is 0 Å². The van der Waals surface area contributed by atoms with Crippen LogP contribution in [0.3, 0.4) is 0 Å². The van der Waals surface area contributed by atoms with Crippen molar-refractivity contribution in [2.24, 2.45) is 0 Å². The fraction of sp³-hybridized carbons (Fsp3) is 0.211. The Morgan fingerprint density at radius 1 is 0.963 bits per heavy atom. The summed E-state index contributed by atoms with van der Waals surface area (Å²) in [5, 5.41) is 7.71. The number of hydrogen-bond acceptors (Lipinski definition) is 2. The fourth-order valence-electron chi connectivity index (χ4n) is 3.23. The molecule has 1 N–H and O–H groups in total. The molecule has 1 aliphatic rings. The van der Waals surface area contributed by atoms with Gasteiger partial charge in [0.05, 0.1) is 22.6 Å². The van der Waals surface area contributed by atoms with E-state index < -0.39 is 23.4 Å². The van der Waals surface area contributed by atoms with Crippen LogP contribution in [-0.4, -0.2) is 16.3 Å². The third kappa shape index (κ3) is 3.21. The molecular weight excluding hydrogens is 365 g/mol. The van der Waals surface area contributed by atoms with E-state index in [1.807, 2.05) is 0 Å². The van der Waals surface area contributed by atoms with Gasteiger partial charge in [0.1, 0.15) is 0 Å². The predicted octanol–water partition coefficient (Wildman–Crippen LogP) is 4.48. The number of benzene rings is 2. The Labute approximate surface area is 151 Å². The lowest BCUT2D eigenvalue weighted by atomic mass is 10.0. The number of halogens is 5. The molecule has 0 radical (unpaired) electrons. The zero-order valence-electron chi connectivity index (χ0n) is 13.9. The van der Waals surface area contributed by atoms with Gasteiger partial charge in [-0.2, -0.15) is 18.3 Å². The topological polar surface area (TPSA) is 29.9 Å². The lowest BCUT2D eigenvalue weighted by Crippen LogP contribution is -2.24. The maximum Gasteiger partial charge on any atom is 0.416 e. The summed E-state index contributed by atoms with van der Waals surface area (Å²) in [6.07, 6.45) is -3.80. The SMILES string of the molecule is Fc1ccc(-n2nc(-c3ccc(C(F)(F)F)cc3)c3c2CCNC3)cc1F. The van der Waals surface area contributed by atoms with Gasteiger partial charge in [0, 0.05) is 36.7 Å². The summed E-state index contributed by atoms with van der Waals surface area (Å²) >= 11 is 0. The van der Waals surface area contributed by atoms with Crippen LogP contribution < -0.4 is 5.32 Å². The summed E-state index contributed by atoms with van der Waals surface area (Å²) in [6.45, 7) is 1.18. The fourth-order valence-corrected chi connectivity index (χ4v) is 3.23. The average molecular weight is 379 g/mol. The molecule has 3 aromatic rings. The van der Waals surface area contributed by atoms with Crippen molar-refractivity contribution >= 4 is 0 Å². The van der Waals surface area contributed by atoms with E-state index in [4.69, 9.17) is 0 Å². The van der Waals surface area contributed by atoms with Crippen LogP contribution in [0.2, 0.25) is 0 Å². The van der Waals surface area contributed by atoms with Crippen LogP contribution in [0.15, 0.2) is 42.5 Å². The van der Waals surface area contributed by atoms with Crippen molar-refractivity contribution in [2.45, 2.75) is 19.1 Å². The Morgan fingerprint density at radius 2 is 1.70 bits per heavy atom. The lowest BCUT2D eigenvalue weighted by molar-refractivity contribution is -0.137. The molecule has 0 unspecified atom stereocenters. The standard InChI is InChI=1S/C19H14F5N3/c20-15-6-5-13(9-16(15)21)27-17-7-8-25-10-14(17)18(26-27)11-1-3-12(4-2-11)19(22,23)24/h1-6,9,25H,7-8,10H2. The highest BCUT2D eigenvalue weighted by molar-refractivity contribution is 5.66. The number of hydrogen-bond donors (Lipinski definition) is 1. The van der Waals surface area contributed by atoms with Crippen LogP contribution in [0.4, 0.5) is 22.0 Å². The van der Waals surface area contributed by atoms with Gasteiger partial charge in [0.2, 0.25) is 0 Å². The molecular formula is C19H14F5N3. The molecule has 0 atom stereocenters. The van der Waals surface area contributed by atoms with Gasteiger partial charge in [-0.05, 0) is 24.3 Å². The third-order valence-corrected chi connectivity index (χ3v) is 4.56. The quantitative estimate of drug-likeness (QED) is 0.666. The first-order valence-electron chi connectivity index (χ1n) is 8.29. The molecule has 0 spiro atoms. The maximum absolute atomic E-state index is 13.6. The van der Waals surface area contributed by atoms with Gasteiger partial charge in [-0.1, -0.05) is 12.1 Å². The summed E-state index contributed by atoms with van der Waals surface area (Å²) in [5.74, 6) is -1.94. The molecule has 2 heterocycles. The van der Waals surface area contributed by atoms with E-state index >= 15 is 0 Å². The van der Waals surface area contributed by atoms with E-state index in [-0.39, 0.29) is 0 Å². The van der Waals surface area contributed by atoms with Crippen LogP contribution in [-0.2, 0) is 19.1 Å². The molecule has 0 saturated heterocycles. The van der Waals surface area contributed by atoms with Crippen molar-refractivity contribution in [2.75, 3.05) is 6.54 Å². The molecule has 3 nitrogen and oxygen atoms in total. The zero-order chi connectivity index (χ0) is 19.2. The molecule has 1 aromatic heterocycles. The first kappa shape index (κ1) is 17.7. The van der Waals surface area contributed by atoms with Crippen molar-refractivity contribution in [1.82, 2.24) is 15.1 Å². The maximum atomic E-state index is 13.6. The number of aromatic nitrogens is 2. The van der Waals surface area contributed by atoms with Gasteiger partial charge in [-0.3, -0.25) is 0 Å². The van der Waals surface area contributed by atoms with E-state index in [2.05, 4.69) is 10.4 Å². The highest BCUT2D eigenvalue weighted by Crippen LogP contribution is 2.33. The Bertz CT molecular complexity index is 990. The van der Waals surface area contributed by atoms with Crippen molar-refractivity contribution < 1.29 is 22.0 Å². The summed E-state index contributed by atoms with van der Waals surface area (Å²) in [5.41, 5.74) is 2.35. The van der Waals surface area contributed by atoms with E-state index in [1.165, 1.54) is 22.9 Å². The largest absolute Gasteiger partial charge is 0.416 e. The summed E-state index contributed by atoms with van der Waals surface area (Å²) in [7, 11) is 0. The molecule has 4 rings (SSSR count). The highest BCUT2D eigenvalue weighted by atomic mass is 19.4. The summed E-state index contributed by atoms with van der Waals surface area (Å²) < 4.78 is 66.8. The molecule has 0 amide bonds. The van der Waals surface area contributed by atoms with Crippen LogP contribution in [0.1, 0.15) is 16.8 Å². The first-order valence-corrected chi connectivity index (χ1v) is 8.29. The van der Waals surface area contributed by atoms with Crippen LogP contribution >= 0.6 is 0 Å². The average Bonchev–Trinajstić information content (AvgIpc) is 3.03. The van der Waals surface area contributed by atoms with E-state index in [9.17, 15) is 22.0 Å².